The van der Waals surface area contributed by atoms with Crippen molar-refractivity contribution in [3.05, 3.63) is 47.5 Å². The minimum absolute atomic E-state index is 0.0388. The Balaban J connectivity index is 2.04. The number of rotatable bonds is 20. The molecule has 0 radical (unpaired) electrons. The van der Waals surface area contributed by atoms with Crippen LogP contribution in [-0.4, -0.2) is 151 Å². The molecule has 0 unspecified atom stereocenters. The number of aromatic hydroxyl groups is 2. The molecule has 19 nitrogen and oxygen atoms in total. The van der Waals surface area contributed by atoms with E-state index in [-0.39, 0.29) is 37.6 Å². The second-order valence-electron chi connectivity index (χ2n) is 10.0. The molecule has 0 aliphatic rings. The summed E-state index contributed by atoms with van der Waals surface area (Å²) in [6, 6.07) is 6.57. The number of nitrogens with one attached hydrogen (secondary N) is 2. The van der Waals surface area contributed by atoms with E-state index in [2.05, 4.69) is 10.6 Å². The van der Waals surface area contributed by atoms with Gasteiger partial charge in [0.25, 0.3) is 0 Å². The largest absolute Gasteiger partial charge is 0.507 e. The first kappa shape index (κ1) is 37.4. The molecule has 2 amide bonds. The van der Waals surface area contributed by atoms with E-state index in [1.807, 2.05) is 0 Å². The highest BCUT2D eigenvalue weighted by molar-refractivity contribution is 5.96. The van der Waals surface area contributed by atoms with Gasteiger partial charge in [0, 0.05) is 49.7 Å². The first-order valence-corrected chi connectivity index (χ1v) is 13.6. The third kappa shape index (κ3) is 13.4. The number of anilines is 2. The number of hydrogen-bond donors (Lipinski definition) is 9. The molecule has 0 aliphatic heterocycles. The van der Waals surface area contributed by atoms with Gasteiger partial charge in [-0.2, -0.15) is 0 Å². The molecule has 0 spiro atoms. The zero-order valence-electron chi connectivity index (χ0n) is 24.7. The van der Waals surface area contributed by atoms with E-state index in [1.54, 1.807) is 0 Å². The van der Waals surface area contributed by atoms with Crippen LogP contribution in [-0.2, 0) is 24.0 Å². The Morgan fingerprint density at radius 2 is 0.809 bits per heavy atom. The molecule has 19 heteroatoms. The predicted molar refractivity (Wildman–Crippen MR) is 160 cm³/mol. The van der Waals surface area contributed by atoms with Gasteiger partial charge in [-0.1, -0.05) is 0 Å². The molecule has 47 heavy (non-hydrogen) atoms. The van der Waals surface area contributed by atoms with Crippen LogP contribution in [0.5, 0.6) is 11.5 Å². The summed E-state index contributed by atoms with van der Waals surface area (Å²) in [6.45, 7) is -3.21. The summed E-state index contributed by atoms with van der Waals surface area (Å²) in [5.41, 5.74) is -0.720. The van der Waals surface area contributed by atoms with Crippen LogP contribution in [0.1, 0.15) is 20.7 Å². The smallest absolute Gasteiger partial charge is 0.339 e. The molecule has 0 fully saturated rings. The van der Waals surface area contributed by atoms with E-state index in [9.17, 15) is 59.1 Å². The molecule has 0 bridgehead atoms. The van der Waals surface area contributed by atoms with Crippen LogP contribution in [0.4, 0.5) is 11.4 Å². The summed E-state index contributed by atoms with van der Waals surface area (Å²) < 4.78 is 0. The van der Waals surface area contributed by atoms with Crippen LogP contribution < -0.4 is 10.6 Å². The van der Waals surface area contributed by atoms with E-state index >= 15 is 0 Å². The zero-order chi connectivity index (χ0) is 35.3. The maximum absolute atomic E-state index is 12.6. The number of amides is 2. The molecule has 0 aliphatic carbocycles. The van der Waals surface area contributed by atoms with E-state index in [4.69, 9.17) is 10.2 Å². The van der Waals surface area contributed by atoms with Crippen molar-refractivity contribution in [3.8, 4) is 11.5 Å². The molecule has 2 rings (SSSR count). The van der Waals surface area contributed by atoms with Gasteiger partial charge in [0.2, 0.25) is 11.8 Å². The lowest BCUT2D eigenvalue weighted by Crippen LogP contribution is -2.46. The summed E-state index contributed by atoms with van der Waals surface area (Å²) in [4.78, 5) is 85.3. The normalized spacial score (nSPS) is 11.0. The van der Waals surface area contributed by atoms with Gasteiger partial charge in [-0.3, -0.25) is 38.7 Å². The van der Waals surface area contributed by atoms with Crippen molar-refractivity contribution in [2.75, 3.05) is 69.5 Å². The lowest BCUT2D eigenvalue weighted by atomic mass is 10.2. The molecular weight excluding hydrogens is 630 g/mol. The highest BCUT2D eigenvalue weighted by atomic mass is 16.4. The van der Waals surface area contributed by atoms with Crippen molar-refractivity contribution >= 4 is 53.0 Å². The lowest BCUT2D eigenvalue weighted by molar-refractivity contribution is -0.140. The van der Waals surface area contributed by atoms with Crippen LogP contribution in [0.3, 0.4) is 0 Å². The van der Waals surface area contributed by atoms with Crippen LogP contribution in [0.2, 0.25) is 0 Å². The number of carbonyl (C=O) groups is 7. The van der Waals surface area contributed by atoms with E-state index < -0.39 is 97.0 Å². The van der Waals surface area contributed by atoms with Crippen LogP contribution in [0.25, 0.3) is 0 Å². The van der Waals surface area contributed by atoms with Gasteiger partial charge in [-0.15, -0.1) is 0 Å². The number of carboxylic acids is 5. The van der Waals surface area contributed by atoms with Gasteiger partial charge in [0.05, 0.1) is 32.7 Å². The number of aliphatic carboxylic acids is 3. The molecule has 0 aromatic heterocycles. The van der Waals surface area contributed by atoms with Gasteiger partial charge in [0.1, 0.15) is 22.6 Å². The SMILES string of the molecule is O=C(O)CN(CCN(CC(=O)O)CC(=O)Nc1ccc(C(=O)O)c(O)c1)CCN(CC(=O)O)CC(=O)Nc1ccc(C(=O)O)c(O)c1. The lowest BCUT2D eigenvalue weighted by Gasteiger charge is -2.28. The summed E-state index contributed by atoms with van der Waals surface area (Å²) in [5.74, 6) is -9.28. The van der Waals surface area contributed by atoms with E-state index in [0.717, 1.165) is 24.3 Å². The Hall–Kier alpha value is -5.79. The van der Waals surface area contributed by atoms with Gasteiger partial charge in [0.15, 0.2) is 0 Å². The van der Waals surface area contributed by atoms with Gasteiger partial charge >= 0.3 is 29.8 Å². The monoisotopic (exact) mass is 663 g/mol. The average Bonchev–Trinajstić information content (AvgIpc) is 2.93. The molecule has 0 heterocycles. The highest BCUT2D eigenvalue weighted by Gasteiger charge is 2.21. The third-order valence-electron chi connectivity index (χ3n) is 6.30. The summed E-state index contributed by atoms with van der Waals surface area (Å²) in [5, 5.41) is 70.5. The number of phenols is 2. The molecule has 0 atom stereocenters. The fourth-order valence-electron chi connectivity index (χ4n) is 4.23. The number of hydrogen-bond acceptors (Lipinski definition) is 12. The topological polar surface area (TPSA) is 295 Å². The van der Waals surface area contributed by atoms with Crippen molar-refractivity contribution in [1.29, 1.82) is 0 Å². The van der Waals surface area contributed by atoms with Crippen LogP contribution >= 0.6 is 0 Å². The number of carboxylic acid groups (broad SMARTS) is 5. The minimum atomic E-state index is -1.39. The Morgan fingerprint density at radius 3 is 1.11 bits per heavy atom. The highest BCUT2D eigenvalue weighted by Crippen LogP contribution is 2.23. The molecule has 2 aromatic rings. The quantitative estimate of drug-likeness (QED) is 0.0840. The van der Waals surface area contributed by atoms with Crippen molar-refractivity contribution in [1.82, 2.24) is 14.7 Å². The maximum atomic E-state index is 12.6. The van der Waals surface area contributed by atoms with E-state index in [1.165, 1.54) is 26.8 Å². The van der Waals surface area contributed by atoms with Crippen LogP contribution in [0.15, 0.2) is 36.4 Å². The van der Waals surface area contributed by atoms with E-state index in [0.29, 0.717) is 0 Å². The molecule has 254 valence electrons. The number of nitrogens with zero attached hydrogens (tertiary/aromatic N) is 3. The van der Waals surface area contributed by atoms with Gasteiger partial charge in [-0.25, -0.2) is 9.59 Å². The van der Waals surface area contributed by atoms with Gasteiger partial charge < -0.3 is 46.4 Å². The fraction of sp³-hybridized carbons (Fsp3) is 0.321. The minimum Gasteiger partial charge on any atom is -0.507 e. The molecule has 0 saturated carbocycles. The first-order chi connectivity index (χ1) is 22.0. The summed E-state index contributed by atoms with van der Waals surface area (Å²) in [7, 11) is 0. The molecule has 2 aromatic carbocycles. The predicted octanol–water partition coefficient (Wildman–Crippen LogP) is -0.769. The maximum Gasteiger partial charge on any atom is 0.339 e. The number of carbonyl (C=O) groups excluding carboxylic acids is 2. The van der Waals surface area contributed by atoms with Crippen molar-refractivity contribution in [2.24, 2.45) is 0 Å². The van der Waals surface area contributed by atoms with Crippen molar-refractivity contribution < 1.29 is 69.3 Å². The summed E-state index contributed by atoms with van der Waals surface area (Å²) in [6.07, 6.45) is 0. The standard InChI is InChI=1S/C28H33N5O14/c34-20-9-16(1-3-18(20)27(44)45)29-22(36)11-32(14-25(40)41)7-5-31(13-24(38)39)6-8-33(15-26(42)43)12-23(37)30-17-2-4-19(28(46)47)21(35)10-17/h1-4,9-10,34-35H,5-8,11-15H2,(H,29,36)(H,30,37)(H,38,39)(H,40,41)(H,42,43)(H,44,45)(H,46,47). The number of benzene rings is 2. The summed E-state index contributed by atoms with van der Waals surface area (Å²) >= 11 is 0. The Labute approximate surface area is 265 Å². The second kappa shape index (κ2) is 17.6. The third-order valence-corrected chi connectivity index (χ3v) is 6.30. The molecule has 0 saturated heterocycles. The van der Waals surface area contributed by atoms with Crippen molar-refractivity contribution in [2.45, 2.75) is 0 Å². The molecule has 9 N–H and O–H groups in total. The second-order valence-corrected chi connectivity index (χ2v) is 10.0. The molecular formula is C28H33N5O14. The van der Waals surface area contributed by atoms with Gasteiger partial charge in [-0.05, 0) is 24.3 Å². The van der Waals surface area contributed by atoms with Crippen molar-refractivity contribution in [3.63, 3.8) is 0 Å². The Bertz CT molecular complexity index is 1410. The van der Waals surface area contributed by atoms with Crippen LogP contribution in [0, 0.1) is 0 Å². The fourth-order valence-corrected chi connectivity index (χ4v) is 4.23. The first-order valence-electron chi connectivity index (χ1n) is 13.6. The average molecular weight is 664 g/mol. The zero-order valence-corrected chi connectivity index (χ0v) is 24.7. The number of aromatic carboxylic acids is 2. The Morgan fingerprint density at radius 1 is 0.489 bits per heavy atom. The Kier molecular flexibility index (Phi) is 14.0.